The summed E-state index contributed by atoms with van der Waals surface area (Å²) in [6.07, 6.45) is -1.01. The quantitative estimate of drug-likeness (QED) is 0.116. The molecule has 8 N–H and O–H groups in total. The molecule has 0 bridgehead atoms. The first kappa shape index (κ1) is 38.7. The van der Waals surface area contributed by atoms with E-state index in [9.17, 15) is 20.1 Å². The lowest BCUT2D eigenvalue weighted by molar-refractivity contribution is -0.114. The molecule has 2 aliphatic heterocycles. The number of nitrogens with zero attached hydrogens (tertiary/aromatic N) is 6. The number of aliphatic imine (C=N–C) groups is 4. The van der Waals surface area contributed by atoms with Gasteiger partial charge in [-0.1, -0.05) is 95.3 Å². The van der Waals surface area contributed by atoms with Crippen molar-refractivity contribution in [2.45, 2.75) is 18.8 Å². The van der Waals surface area contributed by atoms with Crippen LogP contribution >= 0.6 is 46.7 Å². The monoisotopic (exact) mass is 808 g/mol. The van der Waals surface area contributed by atoms with E-state index in [-0.39, 0.29) is 41.7 Å². The number of carbonyl (C=O) groups is 2. The number of benzene rings is 4. The lowest BCUT2D eigenvalue weighted by Crippen LogP contribution is -2.39. The largest absolute Gasteiger partial charge is 0.370 e. The van der Waals surface area contributed by atoms with Crippen molar-refractivity contribution in [1.82, 2.24) is 10.6 Å². The van der Waals surface area contributed by atoms with Gasteiger partial charge in [-0.15, -0.1) is 0 Å². The van der Waals surface area contributed by atoms with Crippen LogP contribution in [0.15, 0.2) is 105 Å². The first-order valence-corrected chi connectivity index (χ1v) is 19.1. The SMILES string of the molecule is N#Cc1cc(NC(=O)CSC2=NC(c3ccccc3Cl)N=C(N)N2)ccc1Cc1ccc(NC(=O)CSC2=NC(c3ccccc3Cl)N=C(N)N2)cc1C#N. The van der Waals surface area contributed by atoms with Crippen LogP contribution in [0.5, 0.6) is 0 Å². The Hall–Kier alpha value is -6.04. The van der Waals surface area contributed by atoms with Gasteiger partial charge in [0.25, 0.3) is 0 Å². The average molecular weight is 810 g/mol. The molecule has 2 amide bonds. The fourth-order valence-electron chi connectivity index (χ4n) is 5.38. The number of anilines is 2. The molecule has 0 fully saturated rings. The molecule has 0 spiro atoms. The number of amidine groups is 2. The second-order valence-electron chi connectivity index (χ2n) is 11.8. The fraction of sp³-hybridized carbons (Fsp3) is 0.135. The summed E-state index contributed by atoms with van der Waals surface area (Å²) in [4.78, 5) is 43.3. The van der Waals surface area contributed by atoms with Gasteiger partial charge in [-0.2, -0.15) is 10.5 Å². The number of nitriles is 2. The van der Waals surface area contributed by atoms with Crippen molar-refractivity contribution in [3.63, 3.8) is 0 Å². The van der Waals surface area contributed by atoms with Crippen LogP contribution in [0.25, 0.3) is 0 Å². The Morgan fingerprint density at radius 1 is 0.673 bits per heavy atom. The predicted octanol–water partition coefficient (Wildman–Crippen LogP) is 5.62. The van der Waals surface area contributed by atoms with Crippen molar-refractivity contribution < 1.29 is 9.59 Å². The smallest absolute Gasteiger partial charge is 0.234 e. The van der Waals surface area contributed by atoms with E-state index in [1.165, 1.54) is 0 Å². The van der Waals surface area contributed by atoms with Gasteiger partial charge in [0, 0.05) is 39.0 Å². The maximum atomic E-state index is 12.9. The third-order valence-electron chi connectivity index (χ3n) is 7.93. The van der Waals surface area contributed by atoms with Gasteiger partial charge >= 0.3 is 0 Å². The molecule has 55 heavy (non-hydrogen) atoms. The molecule has 0 radical (unpaired) electrons. The second-order valence-corrected chi connectivity index (χ2v) is 14.5. The minimum atomic E-state index is -0.640. The lowest BCUT2D eigenvalue weighted by Gasteiger charge is -2.19. The predicted molar refractivity (Wildman–Crippen MR) is 220 cm³/mol. The molecule has 18 heteroatoms. The Labute approximate surface area is 334 Å². The number of nitrogens with one attached hydrogen (secondary N) is 4. The summed E-state index contributed by atoms with van der Waals surface area (Å²) in [6, 6.07) is 28.7. The molecule has 0 aliphatic carbocycles. The second kappa shape index (κ2) is 17.9. The lowest BCUT2D eigenvalue weighted by atomic mass is 9.96. The number of guanidine groups is 2. The number of thioether (sulfide) groups is 2. The molecule has 4 aromatic rings. The Kier molecular flexibility index (Phi) is 12.6. The molecule has 276 valence electrons. The van der Waals surface area contributed by atoms with Crippen LogP contribution in [-0.2, 0) is 16.0 Å². The number of nitrogens with two attached hydrogens (primary N) is 2. The van der Waals surface area contributed by atoms with Crippen LogP contribution in [0.2, 0.25) is 10.0 Å². The van der Waals surface area contributed by atoms with Gasteiger partial charge in [0.2, 0.25) is 11.8 Å². The maximum absolute atomic E-state index is 12.9. The maximum Gasteiger partial charge on any atom is 0.234 e. The Bertz CT molecular complexity index is 2210. The first-order chi connectivity index (χ1) is 26.6. The zero-order valence-corrected chi connectivity index (χ0v) is 31.7. The van der Waals surface area contributed by atoms with Gasteiger partial charge in [0.05, 0.1) is 34.8 Å². The summed E-state index contributed by atoms with van der Waals surface area (Å²) in [5.41, 5.74) is 16.1. The van der Waals surface area contributed by atoms with Crippen LogP contribution in [-0.4, -0.2) is 45.6 Å². The summed E-state index contributed by atoms with van der Waals surface area (Å²) in [5, 5.41) is 33.0. The third kappa shape index (κ3) is 10.1. The van der Waals surface area contributed by atoms with Crippen molar-refractivity contribution >= 4 is 92.2 Å². The third-order valence-corrected chi connectivity index (χ3v) is 10.4. The van der Waals surface area contributed by atoms with Gasteiger partial charge in [0.15, 0.2) is 34.6 Å². The van der Waals surface area contributed by atoms with E-state index >= 15 is 0 Å². The molecular weight excluding hydrogens is 780 g/mol. The molecule has 14 nitrogen and oxygen atoms in total. The van der Waals surface area contributed by atoms with E-state index in [0.29, 0.717) is 65.1 Å². The Morgan fingerprint density at radius 3 is 1.49 bits per heavy atom. The minimum absolute atomic E-state index is 0.00421. The first-order valence-electron chi connectivity index (χ1n) is 16.3. The molecule has 0 saturated heterocycles. The normalized spacial score (nSPS) is 16.1. The highest BCUT2D eigenvalue weighted by atomic mass is 35.5. The van der Waals surface area contributed by atoms with E-state index in [1.807, 2.05) is 12.1 Å². The van der Waals surface area contributed by atoms with Crippen molar-refractivity contribution in [2.24, 2.45) is 31.4 Å². The highest BCUT2D eigenvalue weighted by Gasteiger charge is 2.22. The standard InChI is InChI=1S/C37H30Cl2N12O2S2/c38-28-7-3-1-5-26(28)32-46-34(42)50-36(48-32)54-18-30(52)44-24-11-9-20(22(14-24)16-40)13-21-10-12-25(15-23(21)17-41)45-31(53)19-55-37-49-33(47-35(43)51-37)27-6-2-4-8-29(27)39/h1-12,14-15,32-33H,13,18-19H2,(H,44,52)(H,45,53)(H3,42,46,48,50)(H3,43,47,49,51). The van der Waals surface area contributed by atoms with Gasteiger partial charge in [0.1, 0.15) is 0 Å². The van der Waals surface area contributed by atoms with Crippen LogP contribution in [0.4, 0.5) is 11.4 Å². The molecule has 0 aromatic heterocycles. The number of amides is 2. The molecule has 0 saturated carbocycles. The Morgan fingerprint density at radius 2 is 1.09 bits per heavy atom. The van der Waals surface area contributed by atoms with Crippen molar-refractivity contribution in [3.05, 3.63) is 128 Å². The van der Waals surface area contributed by atoms with E-state index in [0.717, 1.165) is 23.5 Å². The number of halogens is 2. The molecule has 6 rings (SSSR count). The van der Waals surface area contributed by atoms with Gasteiger partial charge in [-0.05, 0) is 47.5 Å². The summed E-state index contributed by atoms with van der Waals surface area (Å²) in [6.45, 7) is 0. The molecule has 2 heterocycles. The van der Waals surface area contributed by atoms with Crippen LogP contribution in [0.3, 0.4) is 0 Å². The molecule has 4 aromatic carbocycles. The summed E-state index contributed by atoms with van der Waals surface area (Å²) in [5.74, 6) is -0.340. The zero-order valence-electron chi connectivity index (χ0n) is 28.6. The molecule has 2 unspecified atom stereocenters. The van der Waals surface area contributed by atoms with E-state index in [4.69, 9.17) is 34.7 Å². The number of hydrogen-bond donors (Lipinski definition) is 6. The van der Waals surface area contributed by atoms with E-state index < -0.39 is 12.3 Å². The summed E-state index contributed by atoms with van der Waals surface area (Å²) >= 11 is 14.9. The van der Waals surface area contributed by atoms with E-state index in [1.54, 1.807) is 72.8 Å². The van der Waals surface area contributed by atoms with Crippen LogP contribution in [0, 0.1) is 22.7 Å². The summed E-state index contributed by atoms with van der Waals surface area (Å²) in [7, 11) is 0. The van der Waals surface area contributed by atoms with Crippen molar-refractivity contribution in [2.75, 3.05) is 22.1 Å². The number of carbonyl (C=O) groups excluding carboxylic acids is 2. The molecular formula is C37H30Cl2N12O2S2. The highest BCUT2D eigenvalue weighted by Crippen LogP contribution is 2.30. The molecule has 2 atom stereocenters. The van der Waals surface area contributed by atoms with Gasteiger partial charge in [-0.3, -0.25) is 9.59 Å². The highest BCUT2D eigenvalue weighted by molar-refractivity contribution is 8.14. The van der Waals surface area contributed by atoms with Crippen molar-refractivity contribution in [3.8, 4) is 12.1 Å². The topological polar surface area (TPSA) is 231 Å². The fourth-order valence-corrected chi connectivity index (χ4v) is 7.23. The van der Waals surface area contributed by atoms with Gasteiger partial charge < -0.3 is 32.7 Å². The number of hydrogen-bond acceptors (Lipinski definition) is 14. The summed E-state index contributed by atoms with van der Waals surface area (Å²) < 4.78 is 0. The molecule has 2 aliphatic rings. The van der Waals surface area contributed by atoms with Crippen molar-refractivity contribution in [1.29, 1.82) is 10.5 Å². The Balaban J connectivity index is 1.03. The average Bonchev–Trinajstić information content (AvgIpc) is 3.17. The number of rotatable bonds is 10. The van der Waals surface area contributed by atoms with Gasteiger partial charge in [-0.25, -0.2) is 20.0 Å². The minimum Gasteiger partial charge on any atom is -0.370 e. The van der Waals surface area contributed by atoms with Crippen LogP contribution < -0.4 is 32.7 Å². The van der Waals surface area contributed by atoms with Crippen LogP contribution in [0.1, 0.15) is 45.7 Å². The zero-order chi connectivity index (χ0) is 38.9. The van der Waals surface area contributed by atoms with E-state index in [2.05, 4.69) is 53.4 Å².